The van der Waals surface area contributed by atoms with Crippen LogP contribution in [0.3, 0.4) is 0 Å². The van der Waals surface area contributed by atoms with E-state index in [9.17, 15) is 13.2 Å². The first-order valence-electron chi connectivity index (χ1n) is 2.34. The van der Waals surface area contributed by atoms with Crippen molar-refractivity contribution in [3.8, 4) is 0 Å². The highest BCUT2D eigenvalue weighted by Gasteiger charge is 2.30. The van der Waals surface area contributed by atoms with Crippen molar-refractivity contribution in [3.05, 3.63) is 30.1 Å². The van der Waals surface area contributed by atoms with E-state index in [1.807, 2.05) is 12.3 Å². The van der Waals surface area contributed by atoms with Crippen LogP contribution in [0, 0.1) is 18.3 Å². The monoisotopic (exact) mass is 144 g/mol. The average Bonchev–Trinajstić information content (AvgIpc) is 1.88. The smallest absolute Gasteiger partial charge is 0.253 e. The number of hydrogen-bond donors (Lipinski definition) is 0. The first-order valence-corrected chi connectivity index (χ1v) is 2.34. The molecule has 0 unspecified atom stereocenters. The van der Waals surface area contributed by atoms with Gasteiger partial charge in [-0.05, 0) is 0 Å². The second-order valence-electron chi connectivity index (χ2n) is 1.51. The van der Waals surface area contributed by atoms with Gasteiger partial charge >= 0.3 is 6.18 Å². The minimum atomic E-state index is -4.39. The third kappa shape index (κ3) is 1.46. The highest BCUT2D eigenvalue weighted by atomic mass is 19.4. The summed E-state index contributed by atoms with van der Waals surface area (Å²) >= 11 is 0. The van der Waals surface area contributed by atoms with Gasteiger partial charge in [-0.15, -0.1) is 0 Å². The Morgan fingerprint density at radius 1 is 1.40 bits per heavy atom. The van der Waals surface area contributed by atoms with E-state index in [1.54, 1.807) is 6.07 Å². The summed E-state index contributed by atoms with van der Waals surface area (Å²) in [5.41, 5.74) is -0.970. The molecule has 0 aliphatic carbocycles. The van der Waals surface area contributed by atoms with Crippen LogP contribution in [0.5, 0.6) is 0 Å². The first kappa shape index (κ1) is 7.05. The van der Waals surface area contributed by atoms with Gasteiger partial charge in [-0.25, -0.2) is 0 Å². The highest BCUT2D eigenvalue weighted by Crippen LogP contribution is 2.27. The molecule has 0 aromatic carbocycles. The molecule has 0 amide bonds. The van der Waals surface area contributed by atoms with Crippen LogP contribution in [-0.2, 0) is 6.18 Å². The zero-order chi connectivity index (χ0) is 7.61. The summed E-state index contributed by atoms with van der Waals surface area (Å²) in [6.45, 7) is 0. The Labute approximate surface area is 55.5 Å². The van der Waals surface area contributed by atoms with Gasteiger partial charge < -0.3 is 0 Å². The van der Waals surface area contributed by atoms with Gasteiger partial charge in [0.05, 0.1) is 11.8 Å². The molecule has 0 aliphatic rings. The standard InChI is InChI=1S/C6HF3N/c7-6(8,9)5-1-3-10-4-2-5/h3H. The van der Waals surface area contributed by atoms with Gasteiger partial charge in [-0.3, -0.25) is 4.98 Å². The Morgan fingerprint density at radius 3 is 2.40 bits per heavy atom. The van der Waals surface area contributed by atoms with Gasteiger partial charge in [0.1, 0.15) is 0 Å². The molecule has 0 bridgehead atoms. The van der Waals surface area contributed by atoms with E-state index in [0.29, 0.717) is 0 Å². The summed E-state index contributed by atoms with van der Waals surface area (Å²) in [5, 5.41) is 0. The van der Waals surface area contributed by atoms with E-state index in [1.165, 1.54) is 0 Å². The van der Waals surface area contributed by atoms with Crippen LogP contribution in [-0.4, -0.2) is 4.98 Å². The van der Waals surface area contributed by atoms with E-state index in [4.69, 9.17) is 0 Å². The summed E-state index contributed by atoms with van der Waals surface area (Å²) in [7, 11) is 0. The number of aromatic nitrogens is 1. The largest absolute Gasteiger partial charge is 0.417 e. The van der Waals surface area contributed by atoms with Gasteiger partial charge in [-0.1, -0.05) is 0 Å². The lowest BCUT2D eigenvalue weighted by Crippen LogP contribution is -2.04. The Kier molecular flexibility index (Phi) is 1.61. The van der Waals surface area contributed by atoms with Gasteiger partial charge in [0, 0.05) is 18.3 Å². The SMILES string of the molecule is FC(F)(F)c1[c][c]nc[c]1. The van der Waals surface area contributed by atoms with E-state index in [2.05, 4.69) is 4.98 Å². The molecule has 1 nitrogen and oxygen atoms in total. The topological polar surface area (TPSA) is 12.9 Å². The van der Waals surface area contributed by atoms with Gasteiger partial charge in [-0.2, -0.15) is 13.2 Å². The van der Waals surface area contributed by atoms with E-state index >= 15 is 0 Å². The minimum absolute atomic E-state index is 0.902. The van der Waals surface area contributed by atoms with Crippen molar-refractivity contribution >= 4 is 0 Å². The van der Waals surface area contributed by atoms with Crippen LogP contribution < -0.4 is 0 Å². The normalized spacial score (nSPS) is 11.5. The molecular weight excluding hydrogens is 143 g/mol. The number of alkyl halides is 3. The predicted octanol–water partition coefficient (Wildman–Crippen LogP) is 1.50. The lowest BCUT2D eigenvalue weighted by molar-refractivity contribution is -0.138. The number of hydrogen-bond acceptors (Lipinski definition) is 1. The van der Waals surface area contributed by atoms with Crippen molar-refractivity contribution in [1.82, 2.24) is 4.98 Å². The lowest BCUT2D eigenvalue weighted by atomic mass is 10.3. The maximum atomic E-state index is 11.7. The number of nitrogens with zero attached hydrogens (tertiary/aromatic N) is 1. The first-order chi connectivity index (χ1) is 4.61. The second-order valence-corrected chi connectivity index (χ2v) is 1.51. The fraction of sp³-hybridized carbons (Fsp3) is 0.167. The molecular formula is C6HF3N. The van der Waals surface area contributed by atoms with Gasteiger partial charge in [0.15, 0.2) is 0 Å². The number of pyridine rings is 1. The molecule has 1 aromatic heterocycles. The van der Waals surface area contributed by atoms with Crippen molar-refractivity contribution in [2.75, 3.05) is 0 Å². The maximum Gasteiger partial charge on any atom is 0.417 e. The Morgan fingerprint density at radius 2 is 2.10 bits per heavy atom. The van der Waals surface area contributed by atoms with Gasteiger partial charge in [0.25, 0.3) is 0 Å². The maximum absolute atomic E-state index is 11.7. The number of halogens is 3. The zero-order valence-corrected chi connectivity index (χ0v) is 4.66. The van der Waals surface area contributed by atoms with E-state index < -0.39 is 11.7 Å². The Bertz CT molecular complexity index is 204. The van der Waals surface area contributed by atoms with Crippen molar-refractivity contribution in [3.63, 3.8) is 0 Å². The Balaban J connectivity index is 2.97. The molecule has 0 aliphatic heterocycles. The molecule has 0 saturated carbocycles. The fourth-order valence-corrected chi connectivity index (χ4v) is 0.406. The van der Waals surface area contributed by atoms with Crippen LogP contribution in [0.25, 0.3) is 0 Å². The second kappa shape index (κ2) is 2.28. The van der Waals surface area contributed by atoms with Gasteiger partial charge in [0.2, 0.25) is 0 Å². The average molecular weight is 144 g/mol. The van der Waals surface area contributed by atoms with E-state index in [0.717, 1.165) is 6.20 Å². The van der Waals surface area contributed by atoms with Crippen LogP contribution in [0.4, 0.5) is 13.2 Å². The molecule has 0 atom stereocenters. The zero-order valence-electron chi connectivity index (χ0n) is 4.66. The molecule has 1 aromatic rings. The van der Waals surface area contributed by atoms with Crippen LogP contribution in [0.1, 0.15) is 5.56 Å². The highest BCUT2D eigenvalue weighted by molar-refractivity contribution is 5.08. The Hall–Kier alpha value is -1.06. The summed E-state index contributed by atoms with van der Waals surface area (Å²) in [4.78, 5) is 3.22. The molecule has 1 heterocycles. The molecule has 4 heteroatoms. The lowest BCUT2D eigenvalue weighted by Gasteiger charge is -2.02. The third-order valence-corrected chi connectivity index (χ3v) is 0.802. The van der Waals surface area contributed by atoms with Crippen LogP contribution >= 0.6 is 0 Å². The molecule has 0 saturated heterocycles. The quantitative estimate of drug-likeness (QED) is 0.537. The summed E-state index contributed by atoms with van der Waals surface area (Å²) in [6, 6.07) is 3.68. The molecule has 1 rings (SSSR count). The minimum Gasteiger partial charge on any atom is -0.253 e. The van der Waals surface area contributed by atoms with Crippen LogP contribution in [0.15, 0.2) is 6.20 Å². The molecule has 3 radical (unpaired) electrons. The molecule has 0 N–H and O–H groups in total. The predicted molar refractivity (Wildman–Crippen MR) is 25.7 cm³/mol. The van der Waals surface area contributed by atoms with Crippen molar-refractivity contribution < 1.29 is 13.2 Å². The molecule has 10 heavy (non-hydrogen) atoms. The molecule has 51 valence electrons. The summed E-state index contributed by atoms with van der Waals surface area (Å²) in [5.74, 6) is 0. The van der Waals surface area contributed by atoms with Crippen LogP contribution in [0.2, 0.25) is 0 Å². The summed E-state index contributed by atoms with van der Waals surface area (Å²) < 4.78 is 35.0. The molecule has 0 fully saturated rings. The van der Waals surface area contributed by atoms with Crippen molar-refractivity contribution in [1.29, 1.82) is 0 Å². The fourth-order valence-electron chi connectivity index (χ4n) is 0.406. The number of rotatable bonds is 0. The van der Waals surface area contributed by atoms with Crippen molar-refractivity contribution in [2.24, 2.45) is 0 Å². The summed E-state index contributed by atoms with van der Waals surface area (Å²) in [6.07, 6.45) is -1.55. The van der Waals surface area contributed by atoms with E-state index in [-0.39, 0.29) is 0 Å². The third-order valence-electron chi connectivity index (χ3n) is 0.802. The van der Waals surface area contributed by atoms with Crippen molar-refractivity contribution in [2.45, 2.75) is 6.18 Å². The molecule has 0 spiro atoms.